The van der Waals surface area contributed by atoms with E-state index in [1.807, 2.05) is 7.05 Å². The molecule has 0 bridgehead atoms. The first-order valence-electron chi connectivity index (χ1n) is 7.51. The first-order chi connectivity index (χ1) is 8.67. The van der Waals surface area contributed by atoms with Crippen LogP contribution in [0.3, 0.4) is 0 Å². The fourth-order valence-corrected chi connectivity index (χ4v) is 2.92. The van der Waals surface area contributed by atoms with Gasteiger partial charge in [0, 0.05) is 6.04 Å². The molecule has 1 aliphatic rings. The monoisotopic (exact) mass is 251 g/mol. The highest BCUT2D eigenvalue weighted by Crippen LogP contribution is 2.20. The molecule has 0 spiro atoms. The normalized spacial score (nSPS) is 25.1. The van der Waals surface area contributed by atoms with Gasteiger partial charge in [-0.2, -0.15) is 5.26 Å². The second-order valence-electron chi connectivity index (χ2n) is 5.64. The summed E-state index contributed by atoms with van der Waals surface area (Å²) < 4.78 is 0. The average molecular weight is 251 g/mol. The minimum Gasteiger partial charge on any atom is -0.302 e. The number of nitrogens with one attached hydrogen (secondary N) is 1. The molecule has 104 valence electrons. The van der Waals surface area contributed by atoms with Crippen molar-refractivity contribution in [2.24, 2.45) is 0 Å². The van der Waals surface area contributed by atoms with Crippen LogP contribution in [0.1, 0.15) is 58.8 Å². The van der Waals surface area contributed by atoms with Gasteiger partial charge >= 0.3 is 0 Å². The Bertz CT molecular complexity index is 265. The molecular formula is C15H29N3. The second-order valence-corrected chi connectivity index (χ2v) is 5.64. The fraction of sp³-hybridized carbons (Fsp3) is 0.933. The van der Waals surface area contributed by atoms with Crippen molar-refractivity contribution < 1.29 is 0 Å². The third-order valence-electron chi connectivity index (χ3n) is 4.54. The molecule has 1 N–H and O–H groups in total. The third-order valence-corrected chi connectivity index (χ3v) is 4.54. The molecule has 0 aromatic carbocycles. The van der Waals surface area contributed by atoms with Crippen molar-refractivity contribution in [3.05, 3.63) is 0 Å². The molecule has 1 fully saturated rings. The Balaban J connectivity index is 2.38. The van der Waals surface area contributed by atoms with E-state index in [0.717, 1.165) is 31.8 Å². The number of hydrogen-bond acceptors (Lipinski definition) is 3. The summed E-state index contributed by atoms with van der Waals surface area (Å²) in [4.78, 5) is 2.61. The Kier molecular flexibility index (Phi) is 6.67. The molecule has 2 unspecified atom stereocenters. The Morgan fingerprint density at radius 3 is 2.78 bits per heavy atom. The Morgan fingerprint density at radius 1 is 1.39 bits per heavy atom. The van der Waals surface area contributed by atoms with E-state index in [0.29, 0.717) is 0 Å². The smallest absolute Gasteiger partial charge is 0.106 e. The molecule has 1 saturated heterocycles. The summed E-state index contributed by atoms with van der Waals surface area (Å²) in [5.74, 6) is 0. The minimum atomic E-state index is -0.310. The van der Waals surface area contributed by atoms with E-state index in [9.17, 15) is 5.26 Å². The lowest BCUT2D eigenvalue weighted by Crippen LogP contribution is -2.42. The van der Waals surface area contributed by atoms with Gasteiger partial charge in [0.2, 0.25) is 0 Å². The van der Waals surface area contributed by atoms with Gasteiger partial charge in [0.05, 0.1) is 6.07 Å². The molecule has 3 heteroatoms. The van der Waals surface area contributed by atoms with Crippen LogP contribution in [0.5, 0.6) is 0 Å². The molecule has 0 aromatic rings. The van der Waals surface area contributed by atoms with Crippen molar-refractivity contribution in [1.82, 2.24) is 10.2 Å². The van der Waals surface area contributed by atoms with Crippen molar-refractivity contribution in [2.45, 2.75) is 70.4 Å². The summed E-state index contributed by atoms with van der Waals surface area (Å²) in [5, 5.41) is 12.5. The fourth-order valence-electron chi connectivity index (χ4n) is 2.92. The summed E-state index contributed by atoms with van der Waals surface area (Å²) in [6.07, 6.45) is 8.40. The summed E-state index contributed by atoms with van der Waals surface area (Å²) in [6, 6.07) is 3.17. The van der Waals surface area contributed by atoms with E-state index in [1.54, 1.807) is 0 Å². The standard InChI is InChI=1S/C15H29N3/c1-4-15(13-16,17-3)10-8-12-18-11-7-5-6-9-14(18)2/h14,17H,4-12H2,1-3H3. The van der Waals surface area contributed by atoms with Crippen LogP contribution < -0.4 is 5.32 Å². The van der Waals surface area contributed by atoms with Crippen LogP contribution in [-0.4, -0.2) is 36.6 Å². The van der Waals surface area contributed by atoms with Crippen LogP contribution in [-0.2, 0) is 0 Å². The van der Waals surface area contributed by atoms with Crippen molar-refractivity contribution in [3.63, 3.8) is 0 Å². The van der Waals surface area contributed by atoms with E-state index in [2.05, 4.69) is 30.1 Å². The predicted octanol–water partition coefficient (Wildman–Crippen LogP) is 2.92. The Morgan fingerprint density at radius 2 is 2.17 bits per heavy atom. The first kappa shape index (κ1) is 15.5. The van der Waals surface area contributed by atoms with Crippen LogP contribution in [0.25, 0.3) is 0 Å². The highest BCUT2D eigenvalue weighted by Gasteiger charge is 2.25. The summed E-state index contributed by atoms with van der Waals surface area (Å²) in [7, 11) is 1.90. The Hall–Kier alpha value is -0.590. The van der Waals surface area contributed by atoms with Crippen LogP contribution in [0.4, 0.5) is 0 Å². The maximum absolute atomic E-state index is 9.28. The minimum absolute atomic E-state index is 0.310. The maximum atomic E-state index is 9.28. The van der Waals surface area contributed by atoms with Crippen LogP contribution >= 0.6 is 0 Å². The van der Waals surface area contributed by atoms with Gasteiger partial charge in [0.25, 0.3) is 0 Å². The van der Waals surface area contributed by atoms with Gasteiger partial charge in [-0.25, -0.2) is 0 Å². The first-order valence-corrected chi connectivity index (χ1v) is 7.51. The zero-order valence-electron chi connectivity index (χ0n) is 12.3. The van der Waals surface area contributed by atoms with Crippen molar-refractivity contribution in [2.75, 3.05) is 20.1 Å². The molecule has 1 heterocycles. The molecule has 2 atom stereocenters. The van der Waals surface area contributed by atoms with Gasteiger partial charge in [0.15, 0.2) is 0 Å². The molecule has 18 heavy (non-hydrogen) atoms. The van der Waals surface area contributed by atoms with Gasteiger partial charge in [-0.3, -0.25) is 0 Å². The van der Waals surface area contributed by atoms with E-state index in [4.69, 9.17) is 0 Å². The van der Waals surface area contributed by atoms with Gasteiger partial charge in [-0.05, 0) is 59.2 Å². The summed E-state index contributed by atoms with van der Waals surface area (Å²) in [6.45, 7) is 6.83. The van der Waals surface area contributed by atoms with Crippen molar-refractivity contribution in [3.8, 4) is 6.07 Å². The summed E-state index contributed by atoms with van der Waals surface area (Å²) in [5.41, 5.74) is -0.310. The van der Waals surface area contributed by atoms with Crippen molar-refractivity contribution >= 4 is 0 Å². The van der Waals surface area contributed by atoms with Crippen molar-refractivity contribution in [1.29, 1.82) is 5.26 Å². The van der Waals surface area contributed by atoms with E-state index < -0.39 is 0 Å². The van der Waals surface area contributed by atoms with E-state index in [1.165, 1.54) is 32.2 Å². The molecule has 0 saturated carbocycles. The molecule has 0 amide bonds. The topological polar surface area (TPSA) is 39.1 Å². The van der Waals surface area contributed by atoms with E-state index >= 15 is 0 Å². The number of nitrogens with zero attached hydrogens (tertiary/aromatic N) is 2. The number of rotatable bonds is 6. The van der Waals surface area contributed by atoms with Gasteiger partial charge < -0.3 is 10.2 Å². The lowest BCUT2D eigenvalue weighted by molar-refractivity contribution is 0.202. The quantitative estimate of drug-likeness (QED) is 0.789. The third kappa shape index (κ3) is 4.26. The summed E-state index contributed by atoms with van der Waals surface area (Å²) >= 11 is 0. The van der Waals surface area contributed by atoms with Crippen LogP contribution in [0.2, 0.25) is 0 Å². The molecule has 0 radical (unpaired) electrons. The Labute approximate surface area is 113 Å². The highest BCUT2D eigenvalue weighted by atomic mass is 15.1. The second kappa shape index (κ2) is 7.76. The van der Waals surface area contributed by atoms with Gasteiger partial charge in [-0.15, -0.1) is 0 Å². The number of hydrogen-bond donors (Lipinski definition) is 1. The lowest BCUT2D eigenvalue weighted by Gasteiger charge is -2.29. The molecule has 1 aliphatic heterocycles. The van der Waals surface area contributed by atoms with Crippen LogP contribution in [0.15, 0.2) is 0 Å². The van der Waals surface area contributed by atoms with Gasteiger partial charge in [0.1, 0.15) is 5.54 Å². The van der Waals surface area contributed by atoms with E-state index in [-0.39, 0.29) is 5.54 Å². The highest BCUT2D eigenvalue weighted by molar-refractivity contribution is 5.05. The zero-order valence-corrected chi connectivity index (χ0v) is 12.3. The molecule has 3 nitrogen and oxygen atoms in total. The average Bonchev–Trinajstić information content (AvgIpc) is 2.61. The molecule has 0 aliphatic carbocycles. The predicted molar refractivity (Wildman–Crippen MR) is 76.4 cm³/mol. The SMILES string of the molecule is CCC(C#N)(CCCN1CCCCCC1C)NC. The zero-order chi connectivity index (χ0) is 13.4. The molecular weight excluding hydrogens is 222 g/mol. The molecule has 0 aromatic heterocycles. The van der Waals surface area contributed by atoms with Gasteiger partial charge in [-0.1, -0.05) is 19.8 Å². The maximum Gasteiger partial charge on any atom is 0.106 e. The number of likely N-dealkylation sites (tertiary alicyclic amines) is 1. The molecule has 1 rings (SSSR count). The number of nitriles is 1. The van der Waals surface area contributed by atoms with Crippen LogP contribution in [0, 0.1) is 11.3 Å². The lowest BCUT2D eigenvalue weighted by atomic mass is 9.92. The largest absolute Gasteiger partial charge is 0.302 e.